The van der Waals surface area contributed by atoms with Crippen LogP contribution in [0.5, 0.6) is 0 Å². The molecule has 0 aliphatic heterocycles. The highest BCUT2D eigenvalue weighted by Gasteiger charge is 2.12. The van der Waals surface area contributed by atoms with Crippen LogP contribution in [0.3, 0.4) is 0 Å². The van der Waals surface area contributed by atoms with Crippen molar-refractivity contribution >= 4 is 17.5 Å². The van der Waals surface area contributed by atoms with E-state index in [1.165, 1.54) is 4.90 Å². The first-order chi connectivity index (χ1) is 8.70. The number of hydrogen-bond donors (Lipinski definition) is 0. The van der Waals surface area contributed by atoms with Crippen LogP contribution in [0.15, 0.2) is 53.6 Å². The molecule has 0 saturated heterocycles. The Bertz CT molecular complexity index is 549. The molecule has 0 N–H and O–H groups in total. The minimum atomic E-state index is 0.157. The van der Waals surface area contributed by atoms with E-state index in [1.807, 2.05) is 66.5 Å². The molecule has 2 nitrogen and oxygen atoms in total. The van der Waals surface area contributed by atoms with Crippen molar-refractivity contribution < 1.29 is 9.36 Å². The normalized spacial score (nSPS) is 10.3. The number of rotatable bonds is 4. The smallest absolute Gasteiger partial charge is 0.188 e. The summed E-state index contributed by atoms with van der Waals surface area (Å²) in [6, 6.07) is 13.7. The Labute approximate surface area is 112 Å². The van der Waals surface area contributed by atoms with Gasteiger partial charge in [-0.15, -0.1) is 11.8 Å². The molecule has 1 aromatic carbocycles. The van der Waals surface area contributed by atoms with Crippen molar-refractivity contribution in [2.24, 2.45) is 7.05 Å². The zero-order chi connectivity index (χ0) is 13.0. The summed E-state index contributed by atoms with van der Waals surface area (Å²) >= 11 is 1.68. The number of hydrogen-bond acceptors (Lipinski definition) is 2. The summed E-state index contributed by atoms with van der Waals surface area (Å²) < 4.78 is 1.98. The lowest BCUT2D eigenvalue weighted by Gasteiger charge is -2.01. The highest BCUT2D eigenvalue weighted by atomic mass is 32.2. The third-order valence-corrected chi connectivity index (χ3v) is 3.66. The molecule has 1 aromatic heterocycles. The number of benzene rings is 1. The fraction of sp³-hybridized carbons (Fsp3) is 0.200. The molecule has 3 heteroatoms. The van der Waals surface area contributed by atoms with Gasteiger partial charge in [-0.25, -0.2) is 4.57 Å². The third kappa shape index (κ3) is 2.99. The molecule has 0 fully saturated rings. The molecule has 0 saturated carbocycles. The van der Waals surface area contributed by atoms with E-state index >= 15 is 0 Å². The van der Waals surface area contributed by atoms with Gasteiger partial charge in [-0.05, 0) is 18.4 Å². The molecule has 0 aliphatic carbocycles. The summed E-state index contributed by atoms with van der Waals surface area (Å²) in [4.78, 5) is 13.3. The number of aromatic nitrogens is 1. The summed E-state index contributed by atoms with van der Waals surface area (Å²) in [5.74, 6) is 0.157. The van der Waals surface area contributed by atoms with Crippen LogP contribution in [0.1, 0.15) is 16.1 Å². The topological polar surface area (TPSA) is 20.9 Å². The Morgan fingerprint density at radius 2 is 1.89 bits per heavy atom. The number of thioether (sulfide) groups is 1. The molecular weight excluding hydrogens is 242 g/mol. The van der Waals surface area contributed by atoms with Crippen LogP contribution < -0.4 is 4.57 Å². The van der Waals surface area contributed by atoms with Crippen LogP contribution >= 0.6 is 11.8 Å². The number of carbonyl (C=O) groups is 1. The molecular formula is C15H16NOS+. The van der Waals surface area contributed by atoms with Gasteiger partial charge < -0.3 is 0 Å². The van der Waals surface area contributed by atoms with E-state index in [0.29, 0.717) is 6.42 Å². The maximum Gasteiger partial charge on any atom is 0.188 e. The number of pyridine rings is 1. The van der Waals surface area contributed by atoms with Gasteiger partial charge in [0.2, 0.25) is 0 Å². The largest absolute Gasteiger partial charge is 0.294 e. The van der Waals surface area contributed by atoms with Crippen LogP contribution in [0.2, 0.25) is 0 Å². The molecule has 2 aromatic rings. The molecule has 1 heterocycles. The van der Waals surface area contributed by atoms with Gasteiger partial charge in [0.25, 0.3) is 0 Å². The average molecular weight is 258 g/mol. The van der Waals surface area contributed by atoms with E-state index in [2.05, 4.69) is 0 Å². The van der Waals surface area contributed by atoms with Crippen LogP contribution in [0.25, 0.3) is 0 Å². The highest BCUT2D eigenvalue weighted by Crippen LogP contribution is 2.15. The number of Topliss-reactive ketones (excluding diaryl/α,β-unsaturated/α-hetero) is 1. The van der Waals surface area contributed by atoms with Crippen LogP contribution in [-0.4, -0.2) is 12.0 Å². The SMILES string of the molecule is CSc1ccc(C(=O)Cc2cccc[n+]2C)cc1. The lowest BCUT2D eigenvalue weighted by molar-refractivity contribution is -0.678. The van der Waals surface area contributed by atoms with Crippen molar-refractivity contribution in [3.05, 3.63) is 59.9 Å². The lowest BCUT2D eigenvalue weighted by atomic mass is 10.1. The molecule has 18 heavy (non-hydrogen) atoms. The Morgan fingerprint density at radius 1 is 1.17 bits per heavy atom. The van der Waals surface area contributed by atoms with E-state index in [1.54, 1.807) is 11.8 Å². The average Bonchev–Trinajstić information content (AvgIpc) is 2.41. The fourth-order valence-corrected chi connectivity index (χ4v) is 2.19. The summed E-state index contributed by atoms with van der Waals surface area (Å²) in [7, 11) is 1.96. The van der Waals surface area contributed by atoms with Gasteiger partial charge >= 0.3 is 0 Å². The van der Waals surface area contributed by atoms with Crippen molar-refractivity contribution in [2.45, 2.75) is 11.3 Å². The second kappa shape index (κ2) is 5.83. The monoisotopic (exact) mass is 258 g/mol. The molecule has 2 rings (SSSR count). The molecule has 0 bridgehead atoms. The minimum Gasteiger partial charge on any atom is -0.294 e. The van der Waals surface area contributed by atoms with Crippen molar-refractivity contribution in [1.82, 2.24) is 0 Å². The van der Waals surface area contributed by atoms with Crippen LogP contribution in [0.4, 0.5) is 0 Å². The Hall–Kier alpha value is -1.61. The molecule has 92 valence electrons. The van der Waals surface area contributed by atoms with Gasteiger partial charge in [0.05, 0.1) is 6.42 Å². The molecule has 0 aliphatic rings. The first-order valence-electron chi connectivity index (χ1n) is 5.81. The van der Waals surface area contributed by atoms with E-state index < -0.39 is 0 Å². The van der Waals surface area contributed by atoms with Gasteiger partial charge in [-0.1, -0.05) is 18.2 Å². The summed E-state index contributed by atoms with van der Waals surface area (Å²) in [6.45, 7) is 0. The Balaban J connectivity index is 2.14. The van der Waals surface area contributed by atoms with Crippen molar-refractivity contribution in [1.29, 1.82) is 0 Å². The van der Waals surface area contributed by atoms with Gasteiger partial charge in [0.1, 0.15) is 7.05 Å². The van der Waals surface area contributed by atoms with Crippen LogP contribution in [-0.2, 0) is 13.5 Å². The van der Waals surface area contributed by atoms with E-state index in [0.717, 1.165) is 11.3 Å². The van der Waals surface area contributed by atoms with Crippen molar-refractivity contribution in [2.75, 3.05) is 6.26 Å². The second-order valence-electron chi connectivity index (χ2n) is 4.13. The van der Waals surface area contributed by atoms with E-state index in [9.17, 15) is 4.79 Å². The Morgan fingerprint density at radius 3 is 2.50 bits per heavy atom. The van der Waals surface area contributed by atoms with E-state index in [-0.39, 0.29) is 5.78 Å². The summed E-state index contributed by atoms with van der Waals surface area (Å²) in [5, 5.41) is 0. The van der Waals surface area contributed by atoms with Crippen LogP contribution in [0, 0.1) is 0 Å². The van der Waals surface area contributed by atoms with Crippen molar-refractivity contribution in [3.63, 3.8) is 0 Å². The number of nitrogens with zero attached hydrogens (tertiary/aromatic N) is 1. The van der Waals surface area contributed by atoms with Crippen molar-refractivity contribution in [3.8, 4) is 0 Å². The number of aryl methyl sites for hydroxylation is 1. The van der Waals surface area contributed by atoms with Gasteiger partial charge in [-0.2, -0.15) is 0 Å². The predicted octanol–water partition coefficient (Wildman–Crippen LogP) is 2.66. The number of ketones is 1. The number of carbonyl (C=O) groups excluding carboxylic acids is 1. The van der Waals surface area contributed by atoms with E-state index in [4.69, 9.17) is 0 Å². The molecule has 0 atom stereocenters. The Kier molecular flexibility index (Phi) is 4.15. The highest BCUT2D eigenvalue weighted by molar-refractivity contribution is 7.98. The maximum atomic E-state index is 12.1. The zero-order valence-corrected chi connectivity index (χ0v) is 11.4. The standard InChI is InChI=1S/C15H16NOS/c1-16-10-4-3-5-13(16)11-15(17)12-6-8-14(18-2)9-7-12/h3-10H,11H2,1-2H3/q+1. The fourth-order valence-electron chi connectivity index (χ4n) is 1.79. The van der Waals surface area contributed by atoms with Gasteiger partial charge in [0.15, 0.2) is 17.7 Å². The first kappa shape index (κ1) is 12.8. The molecule has 0 unspecified atom stereocenters. The van der Waals surface area contributed by atoms with Gasteiger partial charge in [0, 0.05) is 22.6 Å². The lowest BCUT2D eigenvalue weighted by Crippen LogP contribution is -2.33. The molecule has 0 spiro atoms. The first-order valence-corrected chi connectivity index (χ1v) is 7.04. The minimum absolute atomic E-state index is 0.157. The zero-order valence-electron chi connectivity index (χ0n) is 10.6. The quantitative estimate of drug-likeness (QED) is 0.477. The molecule has 0 amide bonds. The van der Waals surface area contributed by atoms with Gasteiger partial charge in [-0.3, -0.25) is 4.79 Å². The molecule has 0 radical (unpaired) electrons. The second-order valence-corrected chi connectivity index (χ2v) is 5.01. The summed E-state index contributed by atoms with van der Waals surface area (Å²) in [6.07, 6.45) is 4.43. The third-order valence-electron chi connectivity index (χ3n) is 2.92. The predicted molar refractivity (Wildman–Crippen MR) is 73.9 cm³/mol. The maximum absolute atomic E-state index is 12.1. The summed E-state index contributed by atoms with van der Waals surface area (Å²) in [5.41, 5.74) is 1.80.